The molecule has 7 heteroatoms. The molecule has 0 amide bonds. The number of nitrogens with one attached hydrogen (secondary N) is 1. The van der Waals surface area contributed by atoms with Crippen molar-refractivity contribution >= 4 is 40.2 Å². The van der Waals surface area contributed by atoms with Crippen LogP contribution in [0.5, 0.6) is 0 Å². The highest BCUT2D eigenvalue weighted by Crippen LogP contribution is 2.27. The highest BCUT2D eigenvalue weighted by atomic mass is 32.2. The summed E-state index contributed by atoms with van der Waals surface area (Å²) in [6.07, 6.45) is 5.28. The molecule has 1 fully saturated rings. The molecular weight excluding hydrogens is 370 g/mol. The van der Waals surface area contributed by atoms with Crippen molar-refractivity contribution in [2.24, 2.45) is 0 Å². The van der Waals surface area contributed by atoms with E-state index < -0.39 is 0 Å². The molecule has 4 heterocycles. The number of rotatable bonds is 4. The molecule has 3 aromatic rings. The number of anilines is 3. The lowest BCUT2D eigenvalue weighted by molar-refractivity contribution is 0.122. The number of hydrogen-bond acceptors (Lipinski definition) is 6. The standard InChI is InChI=1S/C21H23N5OS/c1-3-18(25-9-11-27-12-10-25)4-2-17(1)23-21-22-15-19-5-6-20(26(19)24-21)16-7-13-28-14-8-16/h1-7,15H,8-14H2,(H,23,24). The number of fused-ring (bicyclic) bond motifs is 1. The van der Waals surface area contributed by atoms with E-state index in [0.29, 0.717) is 5.95 Å². The van der Waals surface area contributed by atoms with E-state index in [9.17, 15) is 0 Å². The number of benzene rings is 1. The zero-order chi connectivity index (χ0) is 18.8. The maximum absolute atomic E-state index is 5.43. The average Bonchev–Trinajstić information content (AvgIpc) is 3.19. The van der Waals surface area contributed by atoms with Crippen LogP contribution in [-0.2, 0) is 4.74 Å². The van der Waals surface area contributed by atoms with Crippen molar-refractivity contribution in [1.82, 2.24) is 14.6 Å². The summed E-state index contributed by atoms with van der Waals surface area (Å²) >= 11 is 1.98. The molecule has 0 spiro atoms. The Morgan fingerprint density at radius 3 is 2.68 bits per heavy atom. The summed E-state index contributed by atoms with van der Waals surface area (Å²) in [5.74, 6) is 2.86. The molecule has 0 saturated carbocycles. The Kier molecular flexibility index (Phi) is 4.93. The molecule has 1 aromatic carbocycles. The van der Waals surface area contributed by atoms with Gasteiger partial charge < -0.3 is 15.0 Å². The van der Waals surface area contributed by atoms with Crippen molar-refractivity contribution in [1.29, 1.82) is 0 Å². The third kappa shape index (κ3) is 3.59. The normalized spacial score (nSPS) is 17.6. The van der Waals surface area contributed by atoms with Crippen LogP contribution >= 0.6 is 11.8 Å². The van der Waals surface area contributed by atoms with Gasteiger partial charge >= 0.3 is 0 Å². The molecule has 1 N–H and O–H groups in total. The Balaban J connectivity index is 1.36. The van der Waals surface area contributed by atoms with Crippen LogP contribution < -0.4 is 10.2 Å². The monoisotopic (exact) mass is 393 g/mol. The van der Waals surface area contributed by atoms with Crippen LogP contribution in [0.3, 0.4) is 0 Å². The highest BCUT2D eigenvalue weighted by Gasteiger charge is 2.13. The minimum Gasteiger partial charge on any atom is -0.378 e. The second-order valence-electron chi connectivity index (χ2n) is 6.96. The third-order valence-electron chi connectivity index (χ3n) is 5.19. The zero-order valence-electron chi connectivity index (χ0n) is 15.7. The summed E-state index contributed by atoms with van der Waals surface area (Å²) in [5.41, 5.74) is 5.77. The molecule has 2 aliphatic rings. The Morgan fingerprint density at radius 1 is 1.04 bits per heavy atom. The van der Waals surface area contributed by atoms with Gasteiger partial charge in [0.05, 0.1) is 30.6 Å². The van der Waals surface area contributed by atoms with Crippen LogP contribution in [0.4, 0.5) is 17.3 Å². The van der Waals surface area contributed by atoms with Gasteiger partial charge in [0.1, 0.15) is 0 Å². The summed E-state index contributed by atoms with van der Waals surface area (Å²) in [4.78, 5) is 6.82. The van der Waals surface area contributed by atoms with E-state index in [1.54, 1.807) is 0 Å². The van der Waals surface area contributed by atoms with E-state index in [0.717, 1.165) is 49.7 Å². The fraction of sp³-hybridized carbons (Fsp3) is 0.333. The van der Waals surface area contributed by atoms with Gasteiger partial charge in [-0.1, -0.05) is 6.08 Å². The lowest BCUT2D eigenvalue weighted by Gasteiger charge is -2.28. The largest absolute Gasteiger partial charge is 0.378 e. The molecule has 0 bridgehead atoms. The first-order chi connectivity index (χ1) is 13.9. The molecule has 1 saturated heterocycles. The quantitative estimate of drug-likeness (QED) is 0.727. The number of allylic oxidation sites excluding steroid dienone is 1. The maximum Gasteiger partial charge on any atom is 0.245 e. The molecule has 0 unspecified atom stereocenters. The molecule has 28 heavy (non-hydrogen) atoms. The van der Waals surface area contributed by atoms with E-state index in [-0.39, 0.29) is 0 Å². The Hall–Kier alpha value is -2.51. The van der Waals surface area contributed by atoms with Gasteiger partial charge in [0.2, 0.25) is 5.95 Å². The summed E-state index contributed by atoms with van der Waals surface area (Å²) in [6, 6.07) is 12.7. The van der Waals surface area contributed by atoms with Crippen LogP contribution in [0.2, 0.25) is 0 Å². The Bertz CT molecular complexity index is 992. The van der Waals surface area contributed by atoms with Crippen LogP contribution in [-0.4, -0.2) is 52.4 Å². The molecular formula is C21H23N5OS. The summed E-state index contributed by atoms with van der Waals surface area (Å²) in [5, 5.41) is 8.07. The van der Waals surface area contributed by atoms with Gasteiger partial charge in [-0.05, 0) is 54.1 Å². The number of morpholine rings is 1. The second-order valence-corrected chi connectivity index (χ2v) is 8.11. The van der Waals surface area contributed by atoms with Crippen molar-refractivity contribution in [2.75, 3.05) is 48.0 Å². The number of aromatic nitrogens is 3. The molecule has 0 atom stereocenters. The fourth-order valence-corrected chi connectivity index (χ4v) is 4.52. The first kappa shape index (κ1) is 17.6. The van der Waals surface area contributed by atoms with Crippen LogP contribution in [0.25, 0.3) is 11.1 Å². The molecule has 0 radical (unpaired) electrons. The van der Waals surface area contributed by atoms with E-state index in [1.165, 1.54) is 22.7 Å². The van der Waals surface area contributed by atoms with Crippen molar-refractivity contribution in [2.45, 2.75) is 6.42 Å². The van der Waals surface area contributed by atoms with E-state index in [1.807, 2.05) is 22.5 Å². The minimum atomic E-state index is 0.606. The van der Waals surface area contributed by atoms with Gasteiger partial charge in [0, 0.05) is 30.2 Å². The van der Waals surface area contributed by atoms with Crippen LogP contribution in [0, 0.1) is 0 Å². The predicted molar refractivity (Wildman–Crippen MR) is 116 cm³/mol. The second kappa shape index (κ2) is 7.85. The number of thioether (sulfide) groups is 1. The topological polar surface area (TPSA) is 54.7 Å². The first-order valence-corrected chi connectivity index (χ1v) is 10.8. The van der Waals surface area contributed by atoms with Crippen LogP contribution in [0.1, 0.15) is 12.1 Å². The van der Waals surface area contributed by atoms with E-state index >= 15 is 0 Å². The average molecular weight is 394 g/mol. The third-order valence-corrected chi connectivity index (χ3v) is 6.09. The SMILES string of the molecule is C1=C(c2ccc3cnc(Nc4ccc(N5CCOCC5)cc4)nn23)CCSC1. The number of hydrogen-bond donors (Lipinski definition) is 1. The molecule has 2 aliphatic heterocycles. The maximum atomic E-state index is 5.43. The van der Waals surface area contributed by atoms with Gasteiger partial charge in [-0.3, -0.25) is 0 Å². The highest BCUT2D eigenvalue weighted by molar-refractivity contribution is 7.99. The number of nitrogens with zero attached hydrogens (tertiary/aromatic N) is 4. The molecule has 2 aromatic heterocycles. The predicted octanol–water partition coefficient (Wildman–Crippen LogP) is 3.83. The lowest BCUT2D eigenvalue weighted by atomic mass is 10.1. The van der Waals surface area contributed by atoms with Crippen LogP contribution in [0.15, 0.2) is 48.7 Å². The van der Waals surface area contributed by atoms with Crippen molar-refractivity contribution in [3.63, 3.8) is 0 Å². The molecule has 0 aliphatic carbocycles. The zero-order valence-corrected chi connectivity index (χ0v) is 16.5. The van der Waals surface area contributed by atoms with Crippen molar-refractivity contribution < 1.29 is 4.74 Å². The Labute approximate surface area is 168 Å². The summed E-state index contributed by atoms with van der Waals surface area (Å²) in [6.45, 7) is 3.47. The van der Waals surface area contributed by atoms with Gasteiger partial charge in [-0.2, -0.15) is 11.8 Å². The fourth-order valence-electron chi connectivity index (χ4n) is 3.67. The summed E-state index contributed by atoms with van der Waals surface area (Å²) < 4.78 is 7.43. The van der Waals surface area contributed by atoms with Gasteiger partial charge in [0.15, 0.2) is 0 Å². The first-order valence-electron chi connectivity index (χ1n) is 9.68. The molecule has 144 valence electrons. The molecule has 6 nitrogen and oxygen atoms in total. The van der Waals surface area contributed by atoms with Gasteiger partial charge in [-0.25, -0.2) is 9.50 Å². The van der Waals surface area contributed by atoms with Crippen molar-refractivity contribution in [3.05, 3.63) is 54.4 Å². The van der Waals surface area contributed by atoms with Gasteiger partial charge in [0.25, 0.3) is 0 Å². The van der Waals surface area contributed by atoms with Gasteiger partial charge in [-0.15, -0.1) is 5.10 Å². The lowest BCUT2D eigenvalue weighted by Crippen LogP contribution is -2.36. The van der Waals surface area contributed by atoms with E-state index in [4.69, 9.17) is 9.84 Å². The number of ether oxygens (including phenoxy) is 1. The van der Waals surface area contributed by atoms with Crippen molar-refractivity contribution in [3.8, 4) is 0 Å². The smallest absolute Gasteiger partial charge is 0.245 e. The summed E-state index contributed by atoms with van der Waals surface area (Å²) in [7, 11) is 0. The minimum absolute atomic E-state index is 0.606. The van der Waals surface area contributed by atoms with E-state index in [2.05, 4.69) is 57.7 Å². The molecule has 5 rings (SSSR count). The Morgan fingerprint density at radius 2 is 1.89 bits per heavy atom.